The van der Waals surface area contributed by atoms with Crippen LogP contribution in [0.2, 0.25) is 0 Å². The van der Waals surface area contributed by atoms with Crippen LogP contribution in [-0.2, 0) is 9.59 Å². The molecule has 0 bridgehead atoms. The maximum absolute atomic E-state index is 12.4. The van der Waals surface area contributed by atoms with Crippen LogP contribution in [0.5, 0.6) is 0 Å². The molecule has 1 saturated heterocycles. The summed E-state index contributed by atoms with van der Waals surface area (Å²) in [5, 5.41) is 5.70. The third-order valence-electron chi connectivity index (χ3n) is 3.63. The Hall–Kier alpha value is -1.10. The lowest BCUT2D eigenvalue weighted by Crippen LogP contribution is -2.50. The molecule has 1 aliphatic heterocycles. The van der Waals surface area contributed by atoms with Gasteiger partial charge in [0.05, 0.1) is 0 Å². The van der Waals surface area contributed by atoms with Gasteiger partial charge in [-0.25, -0.2) is 0 Å². The number of carbonyl (C=O) groups is 2. The van der Waals surface area contributed by atoms with Gasteiger partial charge < -0.3 is 15.5 Å². The van der Waals surface area contributed by atoms with Gasteiger partial charge in [0.15, 0.2) is 0 Å². The number of likely N-dealkylation sites (tertiary alicyclic amines) is 1. The van der Waals surface area contributed by atoms with Crippen LogP contribution in [0.25, 0.3) is 0 Å². The number of rotatable bonds is 6. The van der Waals surface area contributed by atoms with Crippen molar-refractivity contribution in [1.82, 2.24) is 15.5 Å². The summed E-state index contributed by atoms with van der Waals surface area (Å²) in [4.78, 5) is 26.0. The smallest absolute Gasteiger partial charge is 0.245 e. The van der Waals surface area contributed by atoms with Crippen LogP contribution in [0.4, 0.5) is 0 Å². The standard InChI is InChI=1S/C14H27N3O2/c1-5-12-7-6-8-17(12)14(19)11(3)16-13(18)10(2)9-15-4/h10-12,15H,5-9H2,1-4H3,(H,16,18)/t10-,11+,12+/m1/s1/i8T/t8-,10-,11+,12+. The predicted molar refractivity (Wildman–Crippen MR) is 75.7 cm³/mol. The van der Waals surface area contributed by atoms with Gasteiger partial charge in [0, 0.05) is 26.4 Å². The molecule has 0 aromatic heterocycles. The van der Waals surface area contributed by atoms with Crippen molar-refractivity contribution < 1.29 is 11.0 Å². The Balaban J connectivity index is 2.60. The maximum atomic E-state index is 12.4. The largest absolute Gasteiger partial charge is 0.344 e. The van der Waals surface area contributed by atoms with Crippen molar-refractivity contribution >= 4 is 11.8 Å². The van der Waals surface area contributed by atoms with Gasteiger partial charge in [-0.15, -0.1) is 0 Å². The molecule has 1 fully saturated rings. The molecule has 0 aromatic carbocycles. The highest BCUT2D eigenvalue weighted by Gasteiger charge is 2.31. The first-order chi connectivity index (χ1) is 9.42. The van der Waals surface area contributed by atoms with E-state index in [1.54, 1.807) is 18.9 Å². The van der Waals surface area contributed by atoms with Crippen LogP contribution in [-0.4, -0.2) is 48.9 Å². The molecule has 0 spiro atoms. The van der Waals surface area contributed by atoms with Crippen LogP contribution >= 0.6 is 0 Å². The summed E-state index contributed by atoms with van der Waals surface area (Å²) < 4.78 is 7.96. The maximum Gasteiger partial charge on any atom is 0.245 e. The molecule has 110 valence electrons. The molecule has 1 rings (SSSR count). The van der Waals surface area contributed by atoms with Gasteiger partial charge in [-0.1, -0.05) is 13.8 Å². The highest BCUT2D eigenvalue weighted by molar-refractivity contribution is 5.88. The first-order valence-electron chi connectivity index (χ1n) is 7.69. The highest BCUT2D eigenvalue weighted by Crippen LogP contribution is 2.20. The second-order valence-electron chi connectivity index (χ2n) is 5.26. The van der Waals surface area contributed by atoms with E-state index in [0.29, 0.717) is 6.54 Å². The van der Waals surface area contributed by atoms with Gasteiger partial charge in [-0.3, -0.25) is 9.59 Å². The van der Waals surface area contributed by atoms with Crippen molar-refractivity contribution in [2.45, 2.75) is 52.1 Å². The summed E-state index contributed by atoms with van der Waals surface area (Å²) in [6.45, 7) is 5.66. The van der Waals surface area contributed by atoms with Gasteiger partial charge in [0.1, 0.15) is 6.04 Å². The lowest BCUT2D eigenvalue weighted by Gasteiger charge is -2.27. The van der Waals surface area contributed by atoms with Gasteiger partial charge in [0.25, 0.3) is 0 Å². The van der Waals surface area contributed by atoms with E-state index < -0.39 is 12.6 Å². The van der Waals surface area contributed by atoms with Crippen molar-refractivity contribution in [2.75, 3.05) is 20.1 Å². The van der Waals surface area contributed by atoms with Crippen molar-refractivity contribution in [2.24, 2.45) is 5.92 Å². The number of nitrogens with one attached hydrogen (secondary N) is 2. The molecule has 2 amide bonds. The molecule has 0 aromatic rings. The lowest BCUT2D eigenvalue weighted by atomic mass is 10.1. The predicted octanol–water partition coefficient (Wildman–Crippen LogP) is 0.748. The van der Waals surface area contributed by atoms with E-state index in [0.717, 1.165) is 19.3 Å². The normalized spacial score (nSPS) is 26.7. The summed E-state index contributed by atoms with van der Waals surface area (Å²) in [5.41, 5.74) is 0. The average Bonchev–Trinajstić information content (AvgIpc) is 2.78. The second-order valence-corrected chi connectivity index (χ2v) is 5.26. The molecule has 0 aliphatic carbocycles. The number of nitrogens with zero attached hydrogens (tertiary/aromatic N) is 1. The summed E-state index contributed by atoms with van der Waals surface area (Å²) in [5.74, 6) is -0.448. The van der Waals surface area contributed by atoms with E-state index >= 15 is 0 Å². The van der Waals surface area contributed by atoms with Crippen molar-refractivity contribution in [3.8, 4) is 0 Å². The highest BCUT2D eigenvalue weighted by atomic mass is 16.2. The van der Waals surface area contributed by atoms with Gasteiger partial charge in [-0.2, -0.15) is 0 Å². The van der Waals surface area contributed by atoms with E-state index in [9.17, 15) is 9.59 Å². The fraction of sp³-hybridized carbons (Fsp3) is 0.857. The molecule has 19 heavy (non-hydrogen) atoms. The molecule has 0 radical (unpaired) electrons. The van der Waals surface area contributed by atoms with E-state index in [1.165, 1.54) is 0 Å². The molecule has 0 saturated carbocycles. The van der Waals surface area contributed by atoms with E-state index in [2.05, 4.69) is 10.6 Å². The fourth-order valence-electron chi connectivity index (χ4n) is 2.40. The molecule has 5 heteroatoms. The molecule has 2 N–H and O–H groups in total. The molecule has 1 heterocycles. The van der Waals surface area contributed by atoms with Crippen LogP contribution < -0.4 is 10.6 Å². The zero-order chi connectivity index (χ0) is 15.3. The molecular weight excluding hydrogens is 242 g/mol. The van der Waals surface area contributed by atoms with Crippen LogP contribution in [0.15, 0.2) is 0 Å². The number of hydrogen-bond acceptors (Lipinski definition) is 3. The van der Waals surface area contributed by atoms with Crippen molar-refractivity contribution in [3.63, 3.8) is 0 Å². The minimum absolute atomic E-state index is 0.131. The minimum atomic E-state index is -0.568. The Morgan fingerprint density at radius 1 is 1.47 bits per heavy atom. The molecule has 0 unspecified atom stereocenters. The Labute approximate surface area is 117 Å². The summed E-state index contributed by atoms with van der Waals surface area (Å²) in [7, 11) is 1.79. The molecular formula is C14H27N3O2. The third-order valence-corrected chi connectivity index (χ3v) is 3.63. The fourth-order valence-corrected chi connectivity index (χ4v) is 2.40. The number of hydrogen-bond donors (Lipinski definition) is 2. The second kappa shape index (κ2) is 7.48. The topological polar surface area (TPSA) is 61.4 Å². The minimum Gasteiger partial charge on any atom is -0.344 e. The van der Waals surface area contributed by atoms with Crippen molar-refractivity contribution in [1.29, 1.82) is 0 Å². The Bertz CT molecular complexity index is 351. The molecule has 4 atom stereocenters. The lowest BCUT2D eigenvalue weighted by molar-refractivity contribution is -0.137. The zero-order valence-corrected chi connectivity index (χ0v) is 12.4. The van der Waals surface area contributed by atoms with E-state index in [-0.39, 0.29) is 23.8 Å². The first-order valence-corrected chi connectivity index (χ1v) is 7.11. The zero-order valence-electron chi connectivity index (χ0n) is 13.4. The Morgan fingerprint density at radius 2 is 2.16 bits per heavy atom. The third kappa shape index (κ3) is 4.20. The van der Waals surface area contributed by atoms with Crippen LogP contribution in [0.1, 0.15) is 41.4 Å². The van der Waals surface area contributed by atoms with E-state index in [1.807, 2.05) is 13.8 Å². The summed E-state index contributed by atoms with van der Waals surface area (Å²) >= 11 is 0. The SMILES string of the molecule is [3H][C@@H]1CC[C@H](CC)N1C(=O)[C@H](C)NC(=O)[C@H](C)CNC. The monoisotopic (exact) mass is 271 g/mol. The Kier molecular flexibility index (Phi) is 5.63. The van der Waals surface area contributed by atoms with Gasteiger partial charge >= 0.3 is 0 Å². The first kappa shape index (κ1) is 14.3. The summed E-state index contributed by atoms with van der Waals surface area (Å²) in [6, 6.07) is -0.430. The van der Waals surface area contributed by atoms with Gasteiger partial charge in [-0.05, 0) is 33.2 Å². The quantitative estimate of drug-likeness (QED) is 0.749. The van der Waals surface area contributed by atoms with E-state index in [4.69, 9.17) is 1.37 Å². The van der Waals surface area contributed by atoms with Gasteiger partial charge in [0.2, 0.25) is 11.8 Å². The molecule has 5 nitrogen and oxygen atoms in total. The molecule has 1 aliphatic rings. The number of carbonyl (C=O) groups excluding carboxylic acids is 2. The summed E-state index contributed by atoms with van der Waals surface area (Å²) in [6.07, 6.45) is 2.46. The average molecular weight is 271 g/mol. The number of amides is 2. The van der Waals surface area contributed by atoms with Crippen LogP contribution in [0, 0.1) is 5.92 Å². The Morgan fingerprint density at radius 3 is 2.74 bits per heavy atom. The van der Waals surface area contributed by atoms with Crippen molar-refractivity contribution in [3.05, 3.63) is 0 Å². The van der Waals surface area contributed by atoms with Crippen LogP contribution in [0.3, 0.4) is 0 Å².